The first-order valence-electron chi connectivity index (χ1n) is 5.50. The molecular formula is C12H22Cl3N3. The number of hydrogen-bond donors (Lipinski definition) is 1. The van der Waals surface area contributed by atoms with E-state index in [2.05, 4.69) is 53.5 Å². The number of nitrogens with one attached hydrogen (secondary N) is 1. The number of piperazine rings is 1. The Kier molecular flexibility index (Phi) is 10.6. The molecule has 0 amide bonds. The lowest BCUT2D eigenvalue weighted by Gasteiger charge is -2.30. The van der Waals surface area contributed by atoms with Crippen LogP contribution in [-0.4, -0.2) is 40.3 Å². The third-order valence-electron chi connectivity index (χ3n) is 2.83. The van der Waals surface area contributed by atoms with E-state index in [-0.39, 0.29) is 37.2 Å². The number of hydrogen-bond acceptors (Lipinski definition) is 3. The second-order valence-corrected chi connectivity index (χ2v) is 4.15. The summed E-state index contributed by atoms with van der Waals surface area (Å²) in [6, 6.07) is 8.72. The Balaban J connectivity index is 0. The van der Waals surface area contributed by atoms with E-state index in [1.54, 1.807) is 0 Å². The van der Waals surface area contributed by atoms with E-state index in [1.807, 2.05) is 0 Å². The fourth-order valence-corrected chi connectivity index (χ4v) is 1.89. The minimum absolute atomic E-state index is 0. The number of nitrogens with zero attached hydrogens (tertiary/aromatic N) is 2. The van der Waals surface area contributed by atoms with Gasteiger partial charge in [0.15, 0.2) is 0 Å². The lowest BCUT2D eigenvalue weighted by molar-refractivity contribution is 0.589. The van der Waals surface area contributed by atoms with Crippen LogP contribution in [0.5, 0.6) is 0 Å². The molecule has 106 valence electrons. The summed E-state index contributed by atoms with van der Waals surface area (Å²) in [5, 5.41) is 3.37. The van der Waals surface area contributed by atoms with Crippen molar-refractivity contribution >= 4 is 48.6 Å². The molecule has 1 aromatic rings. The molecular weight excluding hydrogens is 293 g/mol. The van der Waals surface area contributed by atoms with Crippen molar-refractivity contribution in [3.63, 3.8) is 0 Å². The molecule has 1 N–H and O–H groups in total. The number of benzene rings is 1. The fourth-order valence-electron chi connectivity index (χ4n) is 1.89. The van der Waals surface area contributed by atoms with Gasteiger partial charge in [-0.15, -0.1) is 37.2 Å². The lowest BCUT2D eigenvalue weighted by Crippen LogP contribution is -2.43. The van der Waals surface area contributed by atoms with Crippen molar-refractivity contribution < 1.29 is 0 Å². The van der Waals surface area contributed by atoms with E-state index >= 15 is 0 Å². The summed E-state index contributed by atoms with van der Waals surface area (Å²) in [5.74, 6) is 0. The highest BCUT2D eigenvalue weighted by Crippen LogP contribution is 2.21. The molecule has 1 aliphatic heterocycles. The van der Waals surface area contributed by atoms with Crippen LogP contribution in [0, 0.1) is 0 Å². The van der Waals surface area contributed by atoms with Gasteiger partial charge >= 0.3 is 0 Å². The van der Waals surface area contributed by atoms with Crippen molar-refractivity contribution in [1.29, 1.82) is 0 Å². The number of anilines is 2. The highest BCUT2D eigenvalue weighted by molar-refractivity contribution is 5.86. The van der Waals surface area contributed by atoms with E-state index < -0.39 is 0 Å². The minimum atomic E-state index is 0. The molecule has 0 aromatic heterocycles. The first kappa shape index (κ1) is 20.0. The molecule has 0 bridgehead atoms. The third kappa shape index (κ3) is 5.11. The highest BCUT2D eigenvalue weighted by atomic mass is 35.5. The van der Waals surface area contributed by atoms with Crippen LogP contribution in [-0.2, 0) is 0 Å². The van der Waals surface area contributed by atoms with Gasteiger partial charge in [-0.3, -0.25) is 0 Å². The van der Waals surface area contributed by atoms with E-state index in [0.29, 0.717) is 0 Å². The molecule has 6 heteroatoms. The Morgan fingerprint density at radius 1 is 1.06 bits per heavy atom. The van der Waals surface area contributed by atoms with Gasteiger partial charge in [-0.2, -0.15) is 0 Å². The van der Waals surface area contributed by atoms with Gasteiger partial charge in [0, 0.05) is 51.6 Å². The topological polar surface area (TPSA) is 18.5 Å². The molecule has 3 nitrogen and oxygen atoms in total. The van der Waals surface area contributed by atoms with Crippen LogP contribution in [0.3, 0.4) is 0 Å². The predicted octanol–water partition coefficient (Wildman–Crippen LogP) is 2.43. The van der Waals surface area contributed by atoms with Gasteiger partial charge in [0.25, 0.3) is 0 Å². The van der Waals surface area contributed by atoms with Crippen molar-refractivity contribution in [2.24, 2.45) is 0 Å². The Bertz CT molecular complexity index is 328. The zero-order chi connectivity index (χ0) is 10.7. The SMILES string of the molecule is CN(C)c1cccc(N2CCNCC2)c1.Cl.Cl.Cl. The molecule has 0 aliphatic carbocycles. The smallest absolute Gasteiger partial charge is 0.0387 e. The van der Waals surface area contributed by atoms with Crippen LogP contribution in [0.4, 0.5) is 11.4 Å². The summed E-state index contributed by atoms with van der Waals surface area (Å²) < 4.78 is 0. The number of halogens is 3. The summed E-state index contributed by atoms with van der Waals surface area (Å²) >= 11 is 0. The average Bonchev–Trinajstić information content (AvgIpc) is 2.30. The minimum Gasteiger partial charge on any atom is -0.378 e. The van der Waals surface area contributed by atoms with Crippen LogP contribution in [0.25, 0.3) is 0 Å². The normalized spacial score (nSPS) is 13.8. The van der Waals surface area contributed by atoms with Crippen LogP contribution >= 0.6 is 37.2 Å². The monoisotopic (exact) mass is 313 g/mol. The summed E-state index contributed by atoms with van der Waals surface area (Å²) in [4.78, 5) is 4.58. The van der Waals surface area contributed by atoms with Crippen molar-refractivity contribution in [3.8, 4) is 0 Å². The zero-order valence-electron chi connectivity index (χ0n) is 10.8. The maximum Gasteiger partial charge on any atom is 0.0387 e. The van der Waals surface area contributed by atoms with Crippen LogP contribution in [0.2, 0.25) is 0 Å². The van der Waals surface area contributed by atoms with Gasteiger partial charge in [-0.1, -0.05) is 6.07 Å². The molecule has 0 spiro atoms. The molecule has 18 heavy (non-hydrogen) atoms. The molecule has 0 saturated carbocycles. The summed E-state index contributed by atoms with van der Waals surface area (Å²) in [7, 11) is 4.16. The van der Waals surface area contributed by atoms with E-state index in [0.717, 1.165) is 26.2 Å². The summed E-state index contributed by atoms with van der Waals surface area (Å²) in [6.07, 6.45) is 0. The first-order valence-corrected chi connectivity index (χ1v) is 5.50. The fraction of sp³-hybridized carbons (Fsp3) is 0.500. The Hall–Kier alpha value is -0.350. The van der Waals surface area contributed by atoms with Crippen LogP contribution in [0.1, 0.15) is 0 Å². The van der Waals surface area contributed by atoms with Crippen molar-refractivity contribution in [1.82, 2.24) is 5.32 Å². The van der Waals surface area contributed by atoms with E-state index in [1.165, 1.54) is 11.4 Å². The van der Waals surface area contributed by atoms with Crippen molar-refractivity contribution in [2.75, 3.05) is 50.1 Å². The molecule has 1 aliphatic rings. The molecule has 1 heterocycles. The predicted molar refractivity (Wildman–Crippen MR) is 87.6 cm³/mol. The standard InChI is InChI=1S/C12H19N3.3ClH/c1-14(2)11-4-3-5-12(10-11)15-8-6-13-7-9-15;;;/h3-5,10,13H,6-9H2,1-2H3;3*1H. The number of rotatable bonds is 2. The van der Waals surface area contributed by atoms with E-state index in [9.17, 15) is 0 Å². The van der Waals surface area contributed by atoms with Gasteiger partial charge in [-0.25, -0.2) is 0 Å². The Morgan fingerprint density at radius 2 is 1.67 bits per heavy atom. The third-order valence-corrected chi connectivity index (χ3v) is 2.83. The average molecular weight is 315 g/mol. The maximum absolute atomic E-state index is 3.37. The first-order chi connectivity index (χ1) is 7.27. The zero-order valence-corrected chi connectivity index (χ0v) is 13.2. The molecule has 0 radical (unpaired) electrons. The van der Waals surface area contributed by atoms with Crippen LogP contribution in [0.15, 0.2) is 24.3 Å². The highest BCUT2D eigenvalue weighted by Gasteiger charge is 2.10. The van der Waals surface area contributed by atoms with E-state index in [4.69, 9.17) is 0 Å². The van der Waals surface area contributed by atoms with Crippen LogP contribution < -0.4 is 15.1 Å². The van der Waals surface area contributed by atoms with Gasteiger partial charge in [-0.05, 0) is 18.2 Å². The molecule has 0 unspecified atom stereocenters. The largest absolute Gasteiger partial charge is 0.378 e. The van der Waals surface area contributed by atoms with Crippen molar-refractivity contribution in [3.05, 3.63) is 24.3 Å². The van der Waals surface area contributed by atoms with Crippen molar-refractivity contribution in [2.45, 2.75) is 0 Å². The lowest BCUT2D eigenvalue weighted by atomic mass is 10.2. The van der Waals surface area contributed by atoms with Gasteiger partial charge in [0.1, 0.15) is 0 Å². The summed E-state index contributed by atoms with van der Waals surface area (Å²) in [6.45, 7) is 4.39. The summed E-state index contributed by atoms with van der Waals surface area (Å²) in [5.41, 5.74) is 2.61. The molecule has 0 atom stereocenters. The Labute approximate surface area is 128 Å². The molecule has 1 fully saturated rings. The van der Waals surface area contributed by atoms with Gasteiger partial charge in [0.2, 0.25) is 0 Å². The molecule has 1 saturated heterocycles. The maximum atomic E-state index is 3.37. The molecule has 2 rings (SSSR count). The van der Waals surface area contributed by atoms with Gasteiger partial charge in [0.05, 0.1) is 0 Å². The van der Waals surface area contributed by atoms with Gasteiger partial charge < -0.3 is 15.1 Å². The quantitative estimate of drug-likeness (QED) is 0.904. The second-order valence-electron chi connectivity index (χ2n) is 4.15. The molecule has 1 aromatic carbocycles. The Morgan fingerprint density at radius 3 is 2.22 bits per heavy atom. The second kappa shape index (κ2) is 9.56.